The van der Waals surface area contributed by atoms with E-state index in [0.29, 0.717) is 12.0 Å². The molecule has 0 spiro atoms. The van der Waals surface area contributed by atoms with Gasteiger partial charge in [-0.15, -0.1) is 0 Å². The van der Waals surface area contributed by atoms with Crippen molar-refractivity contribution in [2.45, 2.75) is 65.0 Å². The average Bonchev–Trinajstić information content (AvgIpc) is 2.51. The molecule has 0 saturated heterocycles. The molecule has 0 aliphatic heterocycles. The molecular formula is C19H30BFN2O5. The number of carbonyl (C=O) groups excluding carboxylic acids is 2. The van der Waals surface area contributed by atoms with Crippen molar-refractivity contribution < 1.29 is 28.8 Å². The molecule has 1 rings (SSSR count). The van der Waals surface area contributed by atoms with E-state index in [1.165, 1.54) is 18.2 Å². The third-order valence-electron chi connectivity index (χ3n) is 3.76. The first-order valence-corrected chi connectivity index (χ1v) is 9.28. The van der Waals surface area contributed by atoms with E-state index >= 15 is 0 Å². The molecule has 2 amide bonds. The average molecular weight is 396 g/mol. The predicted octanol–water partition coefficient (Wildman–Crippen LogP) is 2.32. The van der Waals surface area contributed by atoms with Crippen molar-refractivity contribution in [3.8, 4) is 0 Å². The molecule has 7 nitrogen and oxygen atoms in total. The summed E-state index contributed by atoms with van der Waals surface area (Å²) in [5.41, 5.74) is -0.340. The Morgan fingerprint density at radius 3 is 2.36 bits per heavy atom. The number of hydrogen-bond donors (Lipinski definition) is 4. The molecule has 0 aromatic heterocycles. The SMILES string of the molecule is CC(C)CC(NC(=O)CC(NC(=O)OC(C)(C)C)c1cccc(F)c1)B(O)O. The quantitative estimate of drug-likeness (QED) is 0.505. The molecule has 0 saturated carbocycles. The highest BCUT2D eigenvalue weighted by Crippen LogP contribution is 2.20. The molecule has 1 aromatic carbocycles. The van der Waals surface area contributed by atoms with Gasteiger partial charge in [0.2, 0.25) is 5.91 Å². The lowest BCUT2D eigenvalue weighted by atomic mass is 9.75. The van der Waals surface area contributed by atoms with E-state index in [9.17, 15) is 24.0 Å². The van der Waals surface area contributed by atoms with Crippen LogP contribution in [0.1, 0.15) is 59.1 Å². The van der Waals surface area contributed by atoms with Crippen LogP contribution >= 0.6 is 0 Å². The van der Waals surface area contributed by atoms with Crippen LogP contribution in [-0.4, -0.2) is 40.7 Å². The lowest BCUT2D eigenvalue weighted by molar-refractivity contribution is -0.122. The summed E-state index contributed by atoms with van der Waals surface area (Å²) in [6.45, 7) is 8.89. The van der Waals surface area contributed by atoms with Crippen molar-refractivity contribution in [2.75, 3.05) is 0 Å². The van der Waals surface area contributed by atoms with Gasteiger partial charge in [0.05, 0.1) is 18.4 Å². The number of hydrogen-bond acceptors (Lipinski definition) is 5. The molecule has 0 bridgehead atoms. The smallest absolute Gasteiger partial charge is 0.444 e. The molecular weight excluding hydrogens is 366 g/mol. The molecule has 4 N–H and O–H groups in total. The lowest BCUT2D eigenvalue weighted by Gasteiger charge is -2.25. The zero-order valence-electron chi connectivity index (χ0n) is 17.0. The van der Waals surface area contributed by atoms with Gasteiger partial charge in [0.15, 0.2) is 0 Å². The molecule has 1 aromatic rings. The molecule has 2 unspecified atom stereocenters. The minimum atomic E-state index is -1.71. The fourth-order valence-electron chi connectivity index (χ4n) is 2.64. The number of ether oxygens (including phenoxy) is 1. The third-order valence-corrected chi connectivity index (χ3v) is 3.76. The summed E-state index contributed by atoms with van der Waals surface area (Å²) >= 11 is 0. The van der Waals surface area contributed by atoms with Crippen LogP contribution in [0, 0.1) is 11.7 Å². The van der Waals surface area contributed by atoms with Crippen LogP contribution in [0.4, 0.5) is 9.18 Å². The fourth-order valence-corrected chi connectivity index (χ4v) is 2.64. The van der Waals surface area contributed by atoms with Crippen molar-refractivity contribution in [1.29, 1.82) is 0 Å². The Morgan fingerprint density at radius 1 is 1.21 bits per heavy atom. The highest BCUT2D eigenvalue weighted by atomic mass is 19.1. The van der Waals surface area contributed by atoms with E-state index in [1.54, 1.807) is 26.8 Å². The topological polar surface area (TPSA) is 108 Å². The second-order valence-corrected chi connectivity index (χ2v) is 8.18. The predicted molar refractivity (Wildman–Crippen MR) is 105 cm³/mol. The first kappa shape index (κ1) is 23.9. The number of benzene rings is 1. The Kier molecular flexibility index (Phi) is 8.91. The maximum absolute atomic E-state index is 13.6. The van der Waals surface area contributed by atoms with Crippen LogP contribution in [0.2, 0.25) is 0 Å². The van der Waals surface area contributed by atoms with E-state index in [2.05, 4.69) is 10.6 Å². The number of carbonyl (C=O) groups is 2. The van der Waals surface area contributed by atoms with Gasteiger partial charge in [0.1, 0.15) is 11.4 Å². The van der Waals surface area contributed by atoms with Crippen LogP contribution < -0.4 is 10.6 Å². The fraction of sp³-hybridized carbons (Fsp3) is 0.579. The zero-order chi connectivity index (χ0) is 21.5. The first-order chi connectivity index (χ1) is 12.9. The molecule has 0 fully saturated rings. The maximum Gasteiger partial charge on any atom is 0.475 e. The summed E-state index contributed by atoms with van der Waals surface area (Å²) in [5, 5.41) is 24.1. The van der Waals surface area contributed by atoms with E-state index in [1.807, 2.05) is 13.8 Å². The van der Waals surface area contributed by atoms with Gasteiger partial charge in [-0.05, 0) is 50.8 Å². The van der Waals surface area contributed by atoms with Gasteiger partial charge in [-0.2, -0.15) is 0 Å². The number of halogens is 1. The van der Waals surface area contributed by atoms with Crippen LogP contribution in [0.5, 0.6) is 0 Å². The number of nitrogens with one attached hydrogen (secondary N) is 2. The Bertz CT molecular complexity index is 664. The molecule has 156 valence electrons. The highest BCUT2D eigenvalue weighted by Gasteiger charge is 2.28. The van der Waals surface area contributed by atoms with Gasteiger partial charge in [-0.3, -0.25) is 4.79 Å². The molecule has 28 heavy (non-hydrogen) atoms. The number of rotatable bonds is 8. The molecule has 9 heteroatoms. The second-order valence-electron chi connectivity index (χ2n) is 8.18. The Balaban J connectivity index is 2.92. The van der Waals surface area contributed by atoms with Crippen molar-refractivity contribution in [2.24, 2.45) is 5.92 Å². The molecule has 0 aliphatic carbocycles. The van der Waals surface area contributed by atoms with Crippen LogP contribution in [0.15, 0.2) is 24.3 Å². The highest BCUT2D eigenvalue weighted by molar-refractivity contribution is 6.43. The summed E-state index contributed by atoms with van der Waals surface area (Å²) < 4.78 is 18.8. The van der Waals surface area contributed by atoms with Crippen molar-refractivity contribution >= 4 is 19.1 Å². The van der Waals surface area contributed by atoms with E-state index in [-0.39, 0.29) is 12.3 Å². The zero-order valence-corrected chi connectivity index (χ0v) is 17.0. The van der Waals surface area contributed by atoms with Crippen LogP contribution in [-0.2, 0) is 9.53 Å². The summed E-state index contributed by atoms with van der Waals surface area (Å²) in [6, 6.07) is 4.70. The Morgan fingerprint density at radius 2 is 1.86 bits per heavy atom. The summed E-state index contributed by atoms with van der Waals surface area (Å²) in [4.78, 5) is 24.6. The largest absolute Gasteiger partial charge is 0.475 e. The molecule has 0 aliphatic rings. The van der Waals surface area contributed by atoms with Crippen LogP contribution in [0.25, 0.3) is 0 Å². The van der Waals surface area contributed by atoms with Crippen molar-refractivity contribution in [1.82, 2.24) is 10.6 Å². The van der Waals surface area contributed by atoms with Gasteiger partial charge in [-0.25, -0.2) is 9.18 Å². The minimum absolute atomic E-state index is 0.131. The van der Waals surface area contributed by atoms with Crippen molar-refractivity contribution in [3.63, 3.8) is 0 Å². The summed E-state index contributed by atoms with van der Waals surface area (Å²) in [7, 11) is -1.71. The summed E-state index contributed by atoms with van der Waals surface area (Å²) in [5.74, 6) is -1.73. The van der Waals surface area contributed by atoms with Gasteiger partial charge < -0.3 is 25.4 Å². The number of alkyl carbamates (subject to hydrolysis) is 1. The molecule has 0 heterocycles. The maximum atomic E-state index is 13.6. The molecule has 0 radical (unpaired) electrons. The monoisotopic (exact) mass is 396 g/mol. The molecule has 2 atom stereocenters. The van der Waals surface area contributed by atoms with E-state index < -0.39 is 42.5 Å². The Hall–Kier alpha value is -2.13. The first-order valence-electron chi connectivity index (χ1n) is 9.28. The number of amides is 2. The van der Waals surface area contributed by atoms with E-state index in [4.69, 9.17) is 4.74 Å². The van der Waals surface area contributed by atoms with Crippen molar-refractivity contribution in [3.05, 3.63) is 35.6 Å². The standard InChI is InChI=1S/C19H30BFN2O5/c1-12(2)9-16(20(26)27)23-17(24)11-15(13-7-6-8-14(21)10-13)22-18(25)28-19(3,4)5/h6-8,10,12,15-16,26-27H,9,11H2,1-5H3,(H,22,25)(H,23,24). The van der Waals surface area contributed by atoms with Gasteiger partial charge in [0.25, 0.3) is 0 Å². The minimum Gasteiger partial charge on any atom is -0.444 e. The van der Waals surface area contributed by atoms with E-state index in [0.717, 1.165) is 0 Å². The second kappa shape index (κ2) is 10.4. The normalized spacial score (nSPS) is 13.6. The summed E-state index contributed by atoms with van der Waals surface area (Å²) in [6.07, 6.45) is -0.590. The lowest BCUT2D eigenvalue weighted by Crippen LogP contribution is -2.48. The van der Waals surface area contributed by atoms with Gasteiger partial charge in [-0.1, -0.05) is 26.0 Å². The Labute approximate surface area is 165 Å². The van der Waals surface area contributed by atoms with Gasteiger partial charge in [0, 0.05) is 0 Å². The van der Waals surface area contributed by atoms with Gasteiger partial charge >= 0.3 is 13.2 Å². The third kappa shape index (κ3) is 9.19. The van der Waals surface area contributed by atoms with Crippen LogP contribution in [0.3, 0.4) is 0 Å².